The second-order valence-electron chi connectivity index (χ2n) is 12.5. The Morgan fingerprint density at radius 1 is 0.871 bits per heavy atom. The Morgan fingerprint density at radius 3 is 1.77 bits per heavy atom. The lowest BCUT2D eigenvalue weighted by Crippen LogP contribution is -2.18. The molecule has 170 valence electrons. The molecule has 0 aliphatic heterocycles. The first kappa shape index (κ1) is 23.6. The zero-order chi connectivity index (χ0) is 23.4. The standard InChI is InChI=1S/C28H41NO2/c1-26(2,3)19-16-22(18-11-12-18)29-24(19)23(30)13-10-17-14-20(27(4,5)6)25(31)21(15-17)28(7,8)9/h14-16,18,29,31H,10-13H2,1-9H3. The number of carbonyl (C=O) groups is 1. The third kappa shape index (κ3) is 5.25. The van der Waals surface area contributed by atoms with Crippen molar-refractivity contribution in [3.05, 3.63) is 51.8 Å². The first-order chi connectivity index (χ1) is 14.1. The molecule has 3 heteroatoms. The number of carbonyl (C=O) groups excluding carboxylic acids is 1. The van der Waals surface area contributed by atoms with Gasteiger partial charge in [-0.25, -0.2) is 0 Å². The van der Waals surface area contributed by atoms with Crippen LogP contribution in [0.1, 0.15) is 126 Å². The van der Waals surface area contributed by atoms with Crippen molar-refractivity contribution in [3.8, 4) is 5.75 Å². The van der Waals surface area contributed by atoms with Crippen LogP contribution in [0.15, 0.2) is 18.2 Å². The largest absolute Gasteiger partial charge is 0.507 e. The van der Waals surface area contributed by atoms with Gasteiger partial charge < -0.3 is 10.1 Å². The number of ketones is 1. The number of aromatic nitrogens is 1. The van der Waals surface area contributed by atoms with Crippen LogP contribution in [0, 0.1) is 0 Å². The molecule has 1 aromatic carbocycles. The number of aryl methyl sites for hydroxylation is 1. The molecule has 0 amide bonds. The van der Waals surface area contributed by atoms with Gasteiger partial charge in [-0.05, 0) is 69.7 Å². The number of hydrogen-bond donors (Lipinski definition) is 2. The van der Waals surface area contributed by atoms with Gasteiger partial charge in [-0.2, -0.15) is 0 Å². The Hall–Kier alpha value is -2.03. The molecule has 31 heavy (non-hydrogen) atoms. The fourth-order valence-corrected chi connectivity index (χ4v) is 4.27. The molecule has 0 saturated heterocycles. The highest BCUT2D eigenvalue weighted by Crippen LogP contribution is 2.42. The van der Waals surface area contributed by atoms with E-state index >= 15 is 0 Å². The molecule has 2 N–H and O–H groups in total. The van der Waals surface area contributed by atoms with Gasteiger partial charge >= 0.3 is 0 Å². The number of aromatic hydroxyl groups is 1. The summed E-state index contributed by atoms with van der Waals surface area (Å²) in [6, 6.07) is 6.40. The van der Waals surface area contributed by atoms with E-state index in [0.29, 0.717) is 24.5 Å². The van der Waals surface area contributed by atoms with Crippen molar-refractivity contribution in [1.82, 2.24) is 4.98 Å². The molecule has 2 aromatic rings. The number of H-pyrrole nitrogens is 1. The van der Waals surface area contributed by atoms with Crippen LogP contribution in [-0.2, 0) is 22.7 Å². The Morgan fingerprint density at radius 2 is 1.35 bits per heavy atom. The first-order valence-corrected chi connectivity index (χ1v) is 11.7. The van der Waals surface area contributed by atoms with E-state index in [4.69, 9.17) is 0 Å². The first-order valence-electron chi connectivity index (χ1n) is 11.7. The molecule has 1 aliphatic rings. The molecule has 1 aliphatic carbocycles. The molecular weight excluding hydrogens is 382 g/mol. The number of rotatable bonds is 5. The van der Waals surface area contributed by atoms with Crippen molar-refractivity contribution in [3.63, 3.8) is 0 Å². The summed E-state index contributed by atoms with van der Waals surface area (Å²) in [5.74, 6) is 1.17. The topological polar surface area (TPSA) is 53.1 Å². The van der Waals surface area contributed by atoms with E-state index in [9.17, 15) is 9.90 Å². The SMILES string of the molecule is CC(C)(C)c1cc(C2CC2)[nH]c1C(=O)CCc1cc(C(C)(C)C)c(O)c(C(C)(C)C)c1. The summed E-state index contributed by atoms with van der Waals surface area (Å²) in [6.45, 7) is 19.3. The van der Waals surface area contributed by atoms with Crippen LogP contribution in [0.2, 0.25) is 0 Å². The fourth-order valence-electron chi connectivity index (χ4n) is 4.27. The average Bonchev–Trinajstić information content (AvgIpc) is 3.35. The van der Waals surface area contributed by atoms with Crippen LogP contribution in [0.5, 0.6) is 5.75 Å². The quantitative estimate of drug-likeness (QED) is 0.495. The van der Waals surface area contributed by atoms with Crippen LogP contribution in [0.25, 0.3) is 0 Å². The van der Waals surface area contributed by atoms with Gasteiger partial charge in [0.2, 0.25) is 0 Å². The number of benzene rings is 1. The van der Waals surface area contributed by atoms with E-state index in [1.165, 1.54) is 18.5 Å². The third-order valence-electron chi connectivity index (χ3n) is 6.37. The molecule has 3 rings (SSSR count). The number of hydrogen-bond acceptors (Lipinski definition) is 2. The van der Waals surface area contributed by atoms with Gasteiger partial charge in [-0.1, -0.05) is 74.4 Å². The summed E-state index contributed by atoms with van der Waals surface area (Å²) < 4.78 is 0. The van der Waals surface area contributed by atoms with Crippen molar-refractivity contribution < 1.29 is 9.90 Å². The average molecular weight is 424 g/mol. The second kappa shape index (κ2) is 7.83. The fraction of sp³-hybridized carbons (Fsp3) is 0.607. The summed E-state index contributed by atoms with van der Waals surface area (Å²) in [5.41, 5.74) is 5.78. The van der Waals surface area contributed by atoms with Gasteiger partial charge in [0.15, 0.2) is 5.78 Å². The maximum absolute atomic E-state index is 13.3. The molecule has 1 aromatic heterocycles. The van der Waals surface area contributed by atoms with E-state index in [1.54, 1.807) is 0 Å². The lowest BCUT2D eigenvalue weighted by Gasteiger charge is -2.28. The minimum Gasteiger partial charge on any atom is -0.507 e. The van der Waals surface area contributed by atoms with Gasteiger partial charge in [0.05, 0.1) is 5.69 Å². The summed E-state index contributed by atoms with van der Waals surface area (Å²) in [5, 5.41) is 11.0. The lowest BCUT2D eigenvalue weighted by atomic mass is 9.78. The Bertz CT molecular complexity index is 935. The zero-order valence-corrected chi connectivity index (χ0v) is 21.0. The van der Waals surface area contributed by atoms with E-state index < -0.39 is 0 Å². The van der Waals surface area contributed by atoms with Crippen molar-refractivity contribution in [2.45, 2.75) is 110 Å². The molecule has 1 fully saturated rings. The van der Waals surface area contributed by atoms with Gasteiger partial charge in [-0.3, -0.25) is 4.79 Å². The number of phenols is 1. The molecular formula is C28H41NO2. The second-order valence-corrected chi connectivity index (χ2v) is 12.5. The van der Waals surface area contributed by atoms with Gasteiger partial charge in [0, 0.05) is 12.1 Å². The summed E-state index contributed by atoms with van der Waals surface area (Å²) >= 11 is 0. The minimum absolute atomic E-state index is 0.0635. The molecule has 3 nitrogen and oxygen atoms in total. The normalized spacial score (nSPS) is 15.4. The Balaban J connectivity index is 1.90. The summed E-state index contributed by atoms with van der Waals surface area (Å²) in [6.07, 6.45) is 3.57. The van der Waals surface area contributed by atoms with Crippen LogP contribution >= 0.6 is 0 Å². The van der Waals surface area contributed by atoms with E-state index in [1.807, 2.05) is 0 Å². The van der Waals surface area contributed by atoms with E-state index in [2.05, 4.69) is 85.5 Å². The van der Waals surface area contributed by atoms with Crippen LogP contribution in [0.3, 0.4) is 0 Å². The number of phenolic OH excluding ortho intramolecular Hbond substituents is 1. The molecule has 0 spiro atoms. The third-order valence-corrected chi connectivity index (χ3v) is 6.37. The van der Waals surface area contributed by atoms with Gasteiger partial charge in [0.1, 0.15) is 5.75 Å². The predicted molar refractivity (Wildman–Crippen MR) is 130 cm³/mol. The number of aromatic amines is 1. The summed E-state index contributed by atoms with van der Waals surface area (Å²) in [4.78, 5) is 16.8. The van der Waals surface area contributed by atoms with Crippen molar-refractivity contribution >= 4 is 5.78 Å². The van der Waals surface area contributed by atoms with Crippen molar-refractivity contribution in [2.24, 2.45) is 0 Å². The smallest absolute Gasteiger partial charge is 0.179 e. The maximum Gasteiger partial charge on any atom is 0.179 e. The molecule has 0 bridgehead atoms. The number of Topliss-reactive ketones (excluding diaryl/α,β-unsaturated/α-hetero) is 1. The zero-order valence-electron chi connectivity index (χ0n) is 21.0. The van der Waals surface area contributed by atoms with E-state index in [-0.39, 0.29) is 22.0 Å². The number of nitrogens with one attached hydrogen (secondary N) is 1. The predicted octanol–water partition coefficient (Wildman–Crippen LogP) is 7.31. The molecule has 0 radical (unpaired) electrons. The Kier molecular flexibility index (Phi) is 5.97. The molecule has 1 heterocycles. The lowest BCUT2D eigenvalue weighted by molar-refractivity contribution is 0.0976. The van der Waals surface area contributed by atoms with Crippen molar-refractivity contribution in [2.75, 3.05) is 0 Å². The van der Waals surface area contributed by atoms with E-state index in [0.717, 1.165) is 27.9 Å². The van der Waals surface area contributed by atoms with Gasteiger partial charge in [-0.15, -0.1) is 0 Å². The van der Waals surface area contributed by atoms with Crippen LogP contribution in [-0.4, -0.2) is 15.9 Å². The van der Waals surface area contributed by atoms with Gasteiger partial charge in [0.25, 0.3) is 0 Å². The Labute approximate surface area is 188 Å². The molecule has 1 saturated carbocycles. The highest BCUT2D eigenvalue weighted by atomic mass is 16.3. The molecule has 0 unspecified atom stereocenters. The molecule has 0 atom stereocenters. The summed E-state index contributed by atoms with van der Waals surface area (Å²) in [7, 11) is 0. The minimum atomic E-state index is -0.165. The van der Waals surface area contributed by atoms with Crippen LogP contribution < -0.4 is 0 Å². The van der Waals surface area contributed by atoms with Crippen molar-refractivity contribution in [1.29, 1.82) is 0 Å². The van der Waals surface area contributed by atoms with Crippen LogP contribution in [0.4, 0.5) is 0 Å². The highest BCUT2D eigenvalue weighted by Gasteiger charge is 2.31. The maximum atomic E-state index is 13.3. The highest BCUT2D eigenvalue weighted by molar-refractivity contribution is 5.96. The monoisotopic (exact) mass is 423 g/mol.